The summed E-state index contributed by atoms with van der Waals surface area (Å²) in [7, 11) is 5.02. The Kier molecular flexibility index (Phi) is 12.1. The average molecular weight is 425 g/mol. The quantitative estimate of drug-likeness (QED) is 0.291. The van der Waals surface area contributed by atoms with Crippen LogP contribution in [0.1, 0.15) is 18.1 Å². The third-order valence-electron chi connectivity index (χ3n) is 3.02. The molecule has 0 aliphatic carbocycles. The van der Waals surface area contributed by atoms with Crippen molar-refractivity contribution in [2.24, 2.45) is 4.99 Å². The SMILES string of the molecule is CN=C(NCCCOC)NCC(OC)c1ccc(F)cc1.I. The Balaban J connectivity index is 0.00000441. The molecule has 0 aliphatic heterocycles. The smallest absolute Gasteiger partial charge is 0.191 e. The van der Waals surface area contributed by atoms with Gasteiger partial charge >= 0.3 is 0 Å². The van der Waals surface area contributed by atoms with Gasteiger partial charge in [-0.05, 0) is 24.1 Å². The first-order valence-electron chi connectivity index (χ1n) is 6.93. The summed E-state index contributed by atoms with van der Waals surface area (Å²) < 4.78 is 23.3. The first-order chi connectivity index (χ1) is 10.2. The van der Waals surface area contributed by atoms with Crippen molar-refractivity contribution in [3.63, 3.8) is 0 Å². The number of halogens is 2. The number of hydrogen-bond acceptors (Lipinski definition) is 3. The van der Waals surface area contributed by atoms with Gasteiger partial charge in [0.05, 0.1) is 6.10 Å². The van der Waals surface area contributed by atoms with E-state index in [-0.39, 0.29) is 35.9 Å². The number of nitrogens with one attached hydrogen (secondary N) is 2. The zero-order valence-electron chi connectivity index (χ0n) is 13.3. The van der Waals surface area contributed by atoms with E-state index in [4.69, 9.17) is 9.47 Å². The van der Waals surface area contributed by atoms with E-state index < -0.39 is 0 Å². The molecule has 0 aromatic heterocycles. The normalized spacial score (nSPS) is 12.5. The third-order valence-corrected chi connectivity index (χ3v) is 3.02. The zero-order valence-corrected chi connectivity index (χ0v) is 15.6. The number of methoxy groups -OCH3 is 2. The van der Waals surface area contributed by atoms with E-state index in [2.05, 4.69) is 15.6 Å². The maximum Gasteiger partial charge on any atom is 0.191 e. The summed E-state index contributed by atoms with van der Waals surface area (Å²) >= 11 is 0. The fourth-order valence-corrected chi connectivity index (χ4v) is 1.85. The number of benzene rings is 1. The lowest BCUT2D eigenvalue weighted by Crippen LogP contribution is -2.40. The number of aliphatic imine (C=N–C) groups is 1. The second-order valence-corrected chi connectivity index (χ2v) is 4.50. The number of hydrogen-bond donors (Lipinski definition) is 2. The van der Waals surface area contributed by atoms with Crippen molar-refractivity contribution in [1.29, 1.82) is 0 Å². The molecule has 1 atom stereocenters. The van der Waals surface area contributed by atoms with Crippen molar-refractivity contribution in [1.82, 2.24) is 10.6 Å². The summed E-state index contributed by atoms with van der Waals surface area (Å²) in [4.78, 5) is 4.14. The summed E-state index contributed by atoms with van der Waals surface area (Å²) in [6.07, 6.45) is 0.742. The predicted molar refractivity (Wildman–Crippen MR) is 97.4 cm³/mol. The molecule has 126 valence electrons. The minimum atomic E-state index is -0.253. The predicted octanol–water partition coefficient (Wildman–Crippen LogP) is 2.33. The molecular formula is C15H25FIN3O2. The molecule has 22 heavy (non-hydrogen) atoms. The highest BCUT2D eigenvalue weighted by Crippen LogP contribution is 2.15. The zero-order chi connectivity index (χ0) is 15.5. The molecule has 2 N–H and O–H groups in total. The van der Waals surface area contributed by atoms with Crippen molar-refractivity contribution in [3.05, 3.63) is 35.6 Å². The maximum absolute atomic E-state index is 12.9. The van der Waals surface area contributed by atoms with Gasteiger partial charge in [0, 0.05) is 41.0 Å². The Bertz CT molecular complexity index is 429. The lowest BCUT2D eigenvalue weighted by molar-refractivity contribution is 0.106. The van der Waals surface area contributed by atoms with Crippen LogP contribution in [0, 0.1) is 5.82 Å². The maximum atomic E-state index is 12.9. The molecule has 0 bridgehead atoms. The van der Waals surface area contributed by atoms with Crippen LogP contribution >= 0.6 is 24.0 Å². The van der Waals surface area contributed by atoms with Crippen molar-refractivity contribution >= 4 is 29.9 Å². The highest BCUT2D eigenvalue weighted by atomic mass is 127. The molecule has 0 heterocycles. The molecule has 0 saturated heterocycles. The fourth-order valence-electron chi connectivity index (χ4n) is 1.85. The van der Waals surface area contributed by atoms with Crippen LogP contribution in [0.15, 0.2) is 29.3 Å². The first kappa shape index (κ1) is 21.1. The Hall–Kier alpha value is -0.930. The summed E-state index contributed by atoms with van der Waals surface area (Å²) in [6.45, 7) is 2.04. The van der Waals surface area contributed by atoms with Crippen molar-refractivity contribution in [2.45, 2.75) is 12.5 Å². The Morgan fingerprint density at radius 3 is 2.45 bits per heavy atom. The molecule has 0 aliphatic rings. The lowest BCUT2D eigenvalue weighted by atomic mass is 10.1. The van der Waals surface area contributed by atoms with E-state index in [1.807, 2.05) is 0 Å². The fraction of sp³-hybridized carbons (Fsp3) is 0.533. The van der Waals surface area contributed by atoms with E-state index in [0.29, 0.717) is 19.1 Å². The summed E-state index contributed by atoms with van der Waals surface area (Å²) in [6, 6.07) is 6.30. The molecule has 5 nitrogen and oxygen atoms in total. The minimum Gasteiger partial charge on any atom is -0.385 e. The monoisotopic (exact) mass is 425 g/mol. The molecule has 0 saturated carbocycles. The first-order valence-corrected chi connectivity index (χ1v) is 6.93. The van der Waals surface area contributed by atoms with Gasteiger partial charge in [0.15, 0.2) is 5.96 Å². The van der Waals surface area contributed by atoms with E-state index in [1.165, 1.54) is 12.1 Å². The molecule has 1 unspecified atom stereocenters. The van der Waals surface area contributed by atoms with Crippen LogP contribution in [-0.4, -0.2) is 46.9 Å². The van der Waals surface area contributed by atoms with E-state index in [9.17, 15) is 4.39 Å². The molecule has 0 amide bonds. The highest BCUT2D eigenvalue weighted by molar-refractivity contribution is 14.0. The van der Waals surface area contributed by atoms with Gasteiger partial charge in [0.25, 0.3) is 0 Å². The topological polar surface area (TPSA) is 54.9 Å². The van der Waals surface area contributed by atoms with Crippen LogP contribution in [-0.2, 0) is 9.47 Å². The van der Waals surface area contributed by atoms with Gasteiger partial charge < -0.3 is 20.1 Å². The second kappa shape index (κ2) is 12.6. The van der Waals surface area contributed by atoms with Crippen LogP contribution in [0.2, 0.25) is 0 Å². The van der Waals surface area contributed by atoms with E-state index in [1.54, 1.807) is 33.4 Å². The number of nitrogens with zero attached hydrogens (tertiary/aromatic N) is 1. The summed E-state index contributed by atoms with van der Waals surface area (Å²) in [5.74, 6) is 0.451. The number of ether oxygens (including phenoxy) is 2. The standard InChI is InChI=1S/C15H24FN3O2.HI/c1-17-15(18-9-4-10-20-2)19-11-14(21-3)12-5-7-13(16)8-6-12;/h5-8,14H,4,9-11H2,1-3H3,(H2,17,18,19);1H. The van der Waals surface area contributed by atoms with Gasteiger partial charge in [0.2, 0.25) is 0 Å². The molecule has 0 fully saturated rings. The van der Waals surface area contributed by atoms with Crippen LogP contribution < -0.4 is 10.6 Å². The molecule has 7 heteroatoms. The van der Waals surface area contributed by atoms with Gasteiger partial charge in [-0.1, -0.05) is 12.1 Å². The molecule has 0 radical (unpaired) electrons. The summed E-state index contributed by atoms with van der Waals surface area (Å²) in [5, 5.41) is 6.38. The largest absolute Gasteiger partial charge is 0.385 e. The number of guanidine groups is 1. The highest BCUT2D eigenvalue weighted by Gasteiger charge is 2.11. The lowest BCUT2D eigenvalue weighted by Gasteiger charge is -2.18. The van der Waals surface area contributed by atoms with Gasteiger partial charge in [-0.3, -0.25) is 4.99 Å². The summed E-state index contributed by atoms with van der Waals surface area (Å²) in [5.41, 5.74) is 0.918. The van der Waals surface area contributed by atoms with Gasteiger partial charge in [0.1, 0.15) is 5.82 Å². The van der Waals surface area contributed by atoms with Gasteiger partial charge in [-0.15, -0.1) is 24.0 Å². The average Bonchev–Trinajstić information content (AvgIpc) is 2.51. The van der Waals surface area contributed by atoms with Crippen molar-refractivity contribution < 1.29 is 13.9 Å². The van der Waals surface area contributed by atoms with Crippen LogP contribution in [0.25, 0.3) is 0 Å². The van der Waals surface area contributed by atoms with Gasteiger partial charge in [-0.2, -0.15) is 0 Å². The Morgan fingerprint density at radius 2 is 1.91 bits per heavy atom. The van der Waals surface area contributed by atoms with Crippen LogP contribution in [0.5, 0.6) is 0 Å². The van der Waals surface area contributed by atoms with E-state index >= 15 is 0 Å². The Morgan fingerprint density at radius 1 is 1.23 bits per heavy atom. The van der Waals surface area contributed by atoms with Crippen LogP contribution in [0.4, 0.5) is 4.39 Å². The molecule has 1 aromatic rings. The molecular weight excluding hydrogens is 400 g/mol. The number of rotatable bonds is 8. The Labute approximate surface area is 148 Å². The van der Waals surface area contributed by atoms with Crippen molar-refractivity contribution in [2.75, 3.05) is 41.0 Å². The van der Waals surface area contributed by atoms with Gasteiger partial charge in [-0.25, -0.2) is 4.39 Å². The molecule has 0 spiro atoms. The third kappa shape index (κ3) is 7.90. The van der Waals surface area contributed by atoms with E-state index in [0.717, 1.165) is 18.5 Å². The second-order valence-electron chi connectivity index (χ2n) is 4.50. The van der Waals surface area contributed by atoms with Crippen molar-refractivity contribution in [3.8, 4) is 0 Å². The minimum absolute atomic E-state index is 0. The molecule has 1 aromatic carbocycles. The molecule has 1 rings (SSSR count). The van der Waals surface area contributed by atoms with Crippen LogP contribution in [0.3, 0.4) is 0 Å².